The van der Waals surface area contributed by atoms with Crippen molar-refractivity contribution < 1.29 is 14.0 Å². The zero-order valence-corrected chi connectivity index (χ0v) is 12.8. The van der Waals surface area contributed by atoms with Crippen LogP contribution in [0.5, 0.6) is 0 Å². The number of amides is 2. The largest absolute Gasteiger partial charge is 0.467 e. The Hall–Kier alpha value is -1.43. The lowest BCUT2D eigenvalue weighted by molar-refractivity contribution is -0.146. The Balaban J connectivity index is 2.22. The number of nitrogens with one attached hydrogen (secondary N) is 1. The Morgan fingerprint density at radius 1 is 1.60 bits per heavy atom. The van der Waals surface area contributed by atoms with Crippen molar-refractivity contribution in [2.75, 3.05) is 11.5 Å². The van der Waals surface area contributed by atoms with Gasteiger partial charge >= 0.3 is 0 Å². The molecule has 5 nitrogen and oxygen atoms in total. The summed E-state index contributed by atoms with van der Waals surface area (Å²) in [5.41, 5.74) is -0.836. The first-order valence-electron chi connectivity index (χ1n) is 6.65. The van der Waals surface area contributed by atoms with E-state index in [1.165, 1.54) is 11.8 Å². The minimum atomic E-state index is -0.836. The normalized spacial score (nSPS) is 23.2. The highest BCUT2D eigenvalue weighted by Crippen LogP contribution is 2.29. The van der Waals surface area contributed by atoms with Gasteiger partial charge in [0, 0.05) is 11.8 Å². The molecule has 1 unspecified atom stereocenters. The first-order valence-corrected chi connectivity index (χ1v) is 7.80. The van der Waals surface area contributed by atoms with Gasteiger partial charge in [-0.3, -0.25) is 9.59 Å². The molecule has 1 aliphatic rings. The third kappa shape index (κ3) is 3.00. The molecule has 1 N–H and O–H groups in total. The van der Waals surface area contributed by atoms with E-state index in [0.717, 1.165) is 0 Å². The maximum Gasteiger partial charge on any atom is 0.246 e. The van der Waals surface area contributed by atoms with E-state index >= 15 is 0 Å². The average molecular weight is 296 g/mol. The summed E-state index contributed by atoms with van der Waals surface area (Å²) in [6.45, 7) is 5.97. The van der Waals surface area contributed by atoms with Crippen LogP contribution >= 0.6 is 11.8 Å². The second-order valence-electron chi connectivity index (χ2n) is 5.45. The predicted octanol–water partition coefficient (Wildman–Crippen LogP) is 1.64. The molecule has 0 spiro atoms. The third-order valence-electron chi connectivity index (χ3n) is 3.31. The van der Waals surface area contributed by atoms with Gasteiger partial charge in [-0.2, -0.15) is 0 Å². The molecular weight excluding hydrogens is 276 g/mol. The summed E-state index contributed by atoms with van der Waals surface area (Å²) in [7, 11) is 0. The lowest BCUT2D eigenvalue weighted by Gasteiger charge is -2.42. The molecule has 6 heteroatoms. The Bertz CT molecular complexity index is 487. The number of hydrogen-bond donors (Lipinski definition) is 1. The summed E-state index contributed by atoms with van der Waals surface area (Å²) >= 11 is 1.50. The number of carbonyl (C=O) groups excluding carboxylic acids is 2. The van der Waals surface area contributed by atoms with E-state index in [0.29, 0.717) is 23.8 Å². The van der Waals surface area contributed by atoms with E-state index in [4.69, 9.17) is 4.42 Å². The SMILES string of the molecule is CC(C)NC(=O)C1(C)CSCC(=O)N1Cc1ccco1. The van der Waals surface area contributed by atoms with Crippen LogP contribution in [0.3, 0.4) is 0 Å². The predicted molar refractivity (Wildman–Crippen MR) is 78.3 cm³/mol. The average Bonchev–Trinajstić information content (AvgIpc) is 2.86. The lowest BCUT2D eigenvalue weighted by atomic mass is 9.99. The van der Waals surface area contributed by atoms with Crippen LogP contribution in [0.1, 0.15) is 26.5 Å². The molecule has 2 rings (SSSR count). The second kappa shape index (κ2) is 5.91. The van der Waals surface area contributed by atoms with E-state index in [-0.39, 0.29) is 17.9 Å². The maximum atomic E-state index is 12.5. The van der Waals surface area contributed by atoms with E-state index in [9.17, 15) is 9.59 Å². The summed E-state index contributed by atoms with van der Waals surface area (Å²) in [5, 5.41) is 2.91. The van der Waals surface area contributed by atoms with E-state index in [1.54, 1.807) is 17.2 Å². The number of rotatable bonds is 4. The molecule has 0 aromatic carbocycles. The highest BCUT2D eigenvalue weighted by atomic mass is 32.2. The summed E-state index contributed by atoms with van der Waals surface area (Å²) in [6.07, 6.45) is 1.57. The molecule has 2 heterocycles. The van der Waals surface area contributed by atoms with Crippen molar-refractivity contribution in [3.63, 3.8) is 0 Å². The highest BCUT2D eigenvalue weighted by Gasteiger charge is 2.45. The molecule has 1 aromatic rings. The van der Waals surface area contributed by atoms with Crippen LogP contribution in [0.2, 0.25) is 0 Å². The van der Waals surface area contributed by atoms with E-state index < -0.39 is 5.54 Å². The van der Waals surface area contributed by atoms with Crippen molar-refractivity contribution in [3.05, 3.63) is 24.2 Å². The van der Waals surface area contributed by atoms with Gasteiger partial charge < -0.3 is 14.6 Å². The molecule has 0 saturated carbocycles. The standard InChI is InChI=1S/C14H20N2O3S/c1-10(2)15-13(18)14(3)9-20-8-12(17)16(14)7-11-5-4-6-19-11/h4-6,10H,7-9H2,1-3H3,(H,15,18). The molecule has 20 heavy (non-hydrogen) atoms. The number of furan rings is 1. The highest BCUT2D eigenvalue weighted by molar-refractivity contribution is 8.00. The number of thioether (sulfide) groups is 1. The van der Waals surface area contributed by atoms with Crippen LogP contribution in [0.4, 0.5) is 0 Å². The fourth-order valence-corrected chi connectivity index (χ4v) is 3.31. The van der Waals surface area contributed by atoms with Gasteiger partial charge in [0.05, 0.1) is 18.6 Å². The van der Waals surface area contributed by atoms with Crippen LogP contribution in [0.25, 0.3) is 0 Å². The van der Waals surface area contributed by atoms with Crippen molar-refractivity contribution in [1.29, 1.82) is 0 Å². The van der Waals surface area contributed by atoms with Gasteiger partial charge in [-0.25, -0.2) is 0 Å². The van der Waals surface area contributed by atoms with Gasteiger partial charge in [0.1, 0.15) is 11.3 Å². The van der Waals surface area contributed by atoms with Crippen LogP contribution in [0.15, 0.2) is 22.8 Å². The lowest BCUT2D eigenvalue weighted by Crippen LogP contribution is -2.63. The zero-order valence-electron chi connectivity index (χ0n) is 12.0. The van der Waals surface area contributed by atoms with Crippen LogP contribution < -0.4 is 5.32 Å². The topological polar surface area (TPSA) is 62.6 Å². The zero-order chi connectivity index (χ0) is 14.8. The third-order valence-corrected chi connectivity index (χ3v) is 4.53. The number of hydrogen-bond acceptors (Lipinski definition) is 4. The Kier molecular flexibility index (Phi) is 4.42. The second-order valence-corrected chi connectivity index (χ2v) is 6.44. The molecule has 1 saturated heterocycles. The fourth-order valence-electron chi connectivity index (χ4n) is 2.19. The van der Waals surface area contributed by atoms with Crippen LogP contribution in [-0.4, -0.2) is 39.8 Å². The Labute approximate surface area is 123 Å². The molecule has 1 aromatic heterocycles. The van der Waals surface area contributed by atoms with Crippen molar-refractivity contribution >= 4 is 23.6 Å². The van der Waals surface area contributed by atoms with Gasteiger partial charge in [-0.1, -0.05) is 0 Å². The molecule has 1 fully saturated rings. The molecule has 1 atom stereocenters. The van der Waals surface area contributed by atoms with Crippen molar-refractivity contribution in [3.8, 4) is 0 Å². The van der Waals surface area contributed by atoms with Gasteiger partial charge in [0.25, 0.3) is 0 Å². The number of nitrogens with zero attached hydrogens (tertiary/aromatic N) is 1. The van der Waals surface area contributed by atoms with Crippen molar-refractivity contribution in [1.82, 2.24) is 10.2 Å². The van der Waals surface area contributed by atoms with Gasteiger partial charge in [-0.05, 0) is 32.9 Å². The molecule has 2 amide bonds. The first kappa shape index (κ1) is 15.0. The minimum Gasteiger partial charge on any atom is -0.467 e. The quantitative estimate of drug-likeness (QED) is 0.917. The van der Waals surface area contributed by atoms with Crippen LogP contribution in [-0.2, 0) is 16.1 Å². The van der Waals surface area contributed by atoms with Gasteiger partial charge in [-0.15, -0.1) is 11.8 Å². The molecule has 0 radical (unpaired) electrons. The Morgan fingerprint density at radius 3 is 2.95 bits per heavy atom. The van der Waals surface area contributed by atoms with Crippen molar-refractivity contribution in [2.24, 2.45) is 0 Å². The van der Waals surface area contributed by atoms with E-state index in [1.807, 2.05) is 26.8 Å². The molecule has 110 valence electrons. The minimum absolute atomic E-state index is 0.0287. The maximum absolute atomic E-state index is 12.5. The summed E-state index contributed by atoms with van der Waals surface area (Å²) < 4.78 is 5.31. The molecule has 0 aliphatic carbocycles. The summed E-state index contributed by atoms with van der Waals surface area (Å²) in [6, 6.07) is 3.65. The first-order chi connectivity index (χ1) is 9.43. The van der Waals surface area contributed by atoms with Gasteiger partial charge in [0.15, 0.2) is 0 Å². The van der Waals surface area contributed by atoms with Crippen LogP contribution in [0, 0.1) is 0 Å². The molecule has 1 aliphatic heterocycles. The van der Waals surface area contributed by atoms with E-state index in [2.05, 4.69) is 5.32 Å². The van der Waals surface area contributed by atoms with Gasteiger partial charge in [0.2, 0.25) is 11.8 Å². The summed E-state index contributed by atoms with van der Waals surface area (Å²) in [5.74, 6) is 1.55. The fraction of sp³-hybridized carbons (Fsp3) is 0.571. The number of carbonyl (C=O) groups is 2. The monoisotopic (exact) mass is 296 g/mol. The molecular formula is C14H20N2O3S. The smallest absolute Gasteiger partial charge is 0.246 e. The Morgan fingerprint density at radius 2 is 2.35 bits per heavy atom. The molecule has 0 bridgehead atoms. The van der Waals surface area contributed by atoms with Crippen molar-refractivity contribution in [2.45, 2.75) is 38.9 Å². The summed E-state index contributed by atoms with van der Waals surface area (Å²) in [4.78, 5) is 26.3.